The van der Waals surface area contributed by atoms with Crippen molar-refractivity contribution in [2.45, 2.75) is 45.3 Å². The van der Waals surface area contributed by atoms with Crippen LogP contribution >= 0.6 is 0 Å². The minimum Gasteiger partial charge on any atom is -0.479 e. The highest BCUT2D eigenvalue weighted by atomic mass is 19.3. The van der Waals surface area contributed by atoms with E-state index in [9.17, 15) is 13.9 Å². The molecule has 3 heterocycles. The summed E-state index contributed by atoms with van der Waals surface area (Å²) in [5, 5.41) is 14.1. The number of piperazine rings is 1. The molecule has 2 aromatic heterocycles. The molecule has 0 spiro atoms. The number of methoxy groups -OCH3 is 1. The van der Waals surface area contributed by atoms with E-state index < -0.39 is 11.5 Å². The smallest absolute Gasteiger partial charge is 0.300 e. The molecule has 2 N–H and O–H groups in total. The molecule has 0 radical (unpaired) electrons. The number of aliphatic hydroxyl groups is 1. The number of pyridine rings is 1. The SMILES string of the molecule is COc1nc2nc(C)nc(N[C@H](C)c3cccc(C(F)(F)C(C)(C)O)c3)c2cc1N1CCN(C)CC1. The number of nitrogens with one attached hydrogen (secondary N) is 1. The van der Waals surface area contributed by atoms with Crippen LogP contribution in [0.3, 0.4) is 0 Å². The molecule has 3 aromatic rings. The summed E-state index contributed by atoms with van der Waals surface area (Å²) < 4.78 is 35.2. The van der Waals surface area contributed by atoms with Gasteiger partial charge in [0.15, 0.2) is 5.65 Å². The van der Waals surface area contributed by atoms with Gasteiger partial charge in [0.05, 0.1) is 12.5 Å². The number of rotatable bonds is 7. The molecule has 0 unspecified atom stereocenters. The molecule has 1 aliphatic heterocycles. The van der Waals surface area contributed by atoms with Crippen molar-refractivity contribution in [2.75, 3.05) is 50.6 Å². The number of ether oxygens (including phenoxy) is 1. The Morgan fingerprint density at radius 2 is 1.78 bits per heavy atom. The summed E-state index contributed by atoms with van der Waals surface area (Å²) in [7, 11) is 3.69. The zero-order valence-electron chi connectivity index (χ0n) is 21.6. The highest BCUT2D eigenvalue weighted by Crippen LogP contribution is 2.40. The van der Waals surface area contributed by atoms with E-state index >= 15 is 0 Å². The second kappa shape index (κ2) is 9.74. The van der Waals surface area contributed by atoms with Crippen molar-refractivity contribution in [1.82, 2.24) is 19.9 Å². The average Bonchev–Trinajstić information content (AvgIpc) is 2.83. The summed E-state index contributed by atoms with van der Waals surface area (Å²) in [6.07, 6.45) is 0. The van der Waals surface area contributed by atoms with Crippen LogP contribution in [-0.4, -0.2) is 70.9 Å². The molecule has 1 atom stereocenters. The molecule has 8 nitrogen and oxygen atoms in total. The number of aryl methyl sites for hydroxylation is 1. The fraction of sp³-hybridized carbons (Fsp3) is 0.500. The highest BCUT2D eigenvalue weighted by molar-refractivity contribution is 5.90. The molecule has 1 aromatic carbocycles. The summed E-state index contributed by atoms with van der Waals surface area (Å²) in [5.41, 5.74) is -0.426. The van der Waals surface area contributed by atoms with Gasteiger partial charge in [-0.3, -0.25) is 0 Å². The first kappa shape index (κ1) is 26.0. The van der Waals surface area contributed by atoms with E-state index in [2.05, 4.69) is 37.1 Å². The van der Waals surface area contributed by atoms with Crippen LogP contribution < -0.4 is 15.0 Å². The Morgan fingerprint density at radius 1 is 1.08 bits per heavy atom. The van der Waals surface area contributed by atoms with E-state index in [1.165, 1.54) is 12.1 Å². The molecule has 1 aliphatic rings. The fourth-order valence-electron chi connectivity index (χ4n) is 4.32. The van der Waals surface area contributed by atoms with E-state index in [1.807, 2.05) is 13.0 Å². The van der Waals surface area contributed by atoms with Crippen LogP contribution in [0.15, 0.2) is 30.3 Å². The van der Waals surface area contributed by atoms with Crippen LogP contribution in [0.5, 0.6) is 5.88 Å². The summed E-state index contributed by atoms with van der Waals surface area (Å²) in [6, 6.07) is 7.73. The molecule has 0 amide bonds. The van der Waals surface area contributed by atoms with Gasteiger partial charge >= 0.3 is 5.92 Å². The summed E-state index contributed by atoms with van der Waals surface area (Å²) in [5.74, 6) is -1.80. The first-order valence-corrected chi connectivity index (χ1v) is 12.0. The first-order chi connectivity index (χ1) is 16.9. The number of halogens is 2. The lowest BCUT2D eigenvalue weighted by atomic mass is 9.91. The van der Waals surface area contributed by atoms with Crippen LogP contribution in [0.4, 0.5) is 20.3 Å². The van der Waals surface area contributed by atoms with Gasteiger partial charge in [-0.2, -0.15) is 13.8 Å². The topological polar surface area (TPSA) is 86.6 Å². The van der Waals surface area contributed by atoms with Gasteiger partial charge in [-0.05, 0) is 52.4 Å². The van der Waals surface area contributed by atoms with Gasteiger partial charge in [0, 0.05) is 37.8 Å². The predicted molar refractivity (Wildman–Crippen MR) is 137 cm³/mol. The van der Waals surface area contributed by atoms with Gasteiger partial charge in [-0.15, -0.1) is 0 Å². The minimum absolute atomic E-state index is 0.242. The standard InChI is InChI=1S/C26H34F2N6O2/c1-16(18-8-7-9-19(14-18)26(27,28)25(3,4)35)29-22-20-15-21(34-12-10-33(5)11-13-34)24(36-6)32-23(20)31-17(2)30-22/h7-9,14-16,35H,10-13H2,1-6H3,(H,29,30,31,32)/t16-/m1/s1. The molecule has 194 valence electrons. The van der Waals surface area contributed by atoms with E-state index in [1.54, 1.807) is 26.2 Å². The second-order valence-corrected chi connectivity index (χ2v) is 9.92. The summed E-state index contributed by atoms with van der Waals surface area (Å²) in [6.45, 7) is 9.42. The Kier molecular flexibility index (Phi) is 7.03. The molecule has 10 heteroatoms. The predicted octanol–water partition coefficient (Wildman–Crippen LogP) is 4.13. The number of anilines is 2. The number of nitrogens with zero attached hydrogens (tertiary/aromatic N) is 5. The number of fused-ring (bicyclic) bond motifs is 1. The van der Waals surface area contributed by atoms with Crippen molar-refractivity contribution in [2.24, 2.45) is 0 Å². The maximum Gasteiger partial charge on any atom is 0.300 e. The number of likely N-dealkylation sites (N-methyl/N-ethyl adjacent to an activating group) is 1. The van der Waals surface area contributed by atoms with Gasteiger partial charge in [-0.25, -0.2) is 9.97 Å². The largest absolute Gasteiger partial charge is 0.479 e. The van der Waals surface area contributed by atoms with Crippen LogP contribution in [0, 0.1) is 6.92 Å². The Balaban J connectivity index is 1.71. The lowest BCUT2D eigenvalue weighted by Crippen LogP contribution is -2.44. The van der Waals surface area contributed by atoms with E-state index in [0.29, 0.717) is 28.7 Å². The monoisotopic (exact) mass is 500 g/mol. The van der Waals surface area contributed by atoms with Gasteiger partial charge in [0.2, 0.25) is 5.88 Å². The molecular formula is C26H34F2N6O2. The Hall–Kier alpha value is -3.11. The van der Waals surface area contributed by atoms with Crippen LogP contribution in [0.2, 0.25) is 0 Å². The van der Waals surface area contributed by atoms with Crippen molar-refractivity contribution < 1.29 is 18.6 Å². The second-order valence-electron chi connectivity index (χ2n) is 9.92. The molecule has 0 aliphatic carbocycles. The van der Waals surface area contributed by atoms with Crippen molar-refractivity contribution in [3.8, 4) is 5.88 Å². The van der Waals surface area contributed by atoms with Gasteiger partial charge in [-0.1, -0.05) is 18.2 Å². The van der Waals surface area contributed by atoms with Gasteiger partial charge < -0.3 is 25.0 Å². The van der Waals surface area contributed by atoms with Gasteiger partial charge in [0.25, 0.3) is 0 Å². The number of benzene rings is 1. The zero-order valence-corrected chi connectivity index (χ0v) is 21.6. The lowest BCUT2D eigenvalue weighted by molar-refractivity contribution is -0.168. The number of alkyl halides is 2. The molecular weight excluding hydrogens is 466 g/mol. The van der Waals surface area contributed by atoms with E-state index in [4.69, 9.17) is 4.74 Å². The molecule has 0 bridgehead atoms. The third-order valence-corrected chi connectivity index (χ3v) is 6.65. The molecule has 1 fully saturated rings. The first-order valence-electron chi connectivity index (χ1n) is 12.0. The average molecular weight is 501 g/mol. The van der Waals surface area contributed by atoms with Crippen molar-refractivity contribution in [3.63, 3.8) is 0 Å². The highest BCUT2D eigenvalue weighted by Gasteiger charge is 2.47. The maximum atomic E-state index is 14.8. The van der Waals surface area contributed by atoms with Gasteiger partial charge in [0.1, 0.15) is 22.9 Å². The van der Waals surface area contributed by atoms with Crippen molar-refractivity contribution in [3.05, 3.63) is 47.3 Å². The van der Waals surface area contributed by atoms with Crippen molar-refractivity contribution in [1.29, 1.82) is 0 Å². The lowest BCUT2D eigenvalue weighted by Gasteiger charge is -2.34. The Bertz CT molecular complexity index is 1240. The third kappa shape index (κ3) is 5.05. The van der Waals surface area contributed by atoms with Crippen molar-refractivity contribution >= 4 is 22.5 Å². The van der Waals surface area contributed by atoms with E-state index in [-0.39, 0.29) is 11.6 Å². The van der Waals surface area contributed by atoms with Crippen LogP contribution in [-0.2, 0) is 5.92 Å². The zero-order chi connectivity index (χ0) is 26.3. The minimum atomic E-state index is -3.40. The summed E-state index contributed by atoms with van der Waals surface area (Å²) in [4.78, 5) is 18.3. The fourth-order valence-corrected chi connectivity index (χ4v) is 4.32. The summed E-state index contributed by atoms with van der Waals surface area (Å²) >= 11 is 0. The van der Waals surface area contributed by atoms with Crippen LogP contribution in [0.25, 0.3) is 11.0 Å². The quantitative estimate of drug-likeness (QED) is 0.501. The Morgan fingerprint density at radius 3 is 2.42 bits per heavy atom. The van der Waals surface area contributed by atoms with E-state index in [0.717, 1.165) is 51.1 Å². The number of hydrogen-bond acceptors (Lipinski definition) is 8. The molecule has 1 saturated heterocycles. The van der Waals surface area contributed by atoms with Crippen LogP contribution in [0.1, 0.15) is 43.8 Å². The Labute approximate surface area is 210 Å². The number of aromatic nitrogens is 3. The normalized spacial score (nSPS) is 16.3. The molecule has 36 heavy (non-hydrogen) atoms. The number of hydrogen-bond donors (Lipinski definition) is 2. The third-order valence-electron chi connectivity index (χ3n) is 6.65. The molecule has 4 rings (SSSR count). The molecule has 0 saturated carbocycles. The maximum absolute atomic E-state index is 14.8.